The smallest absolute Gasteiger partial charge is 0.162 e. The van der Waals surface area contributed by atoms with E-state index in [1.807, 2.05) is 46.9 Å². The number of anilines is 1. The van der Waals surface area contributed by atoms with Gasteiger partial charge in [-0.25, -0.2) is 0 Å². The highest BCUT2D eigenvalue weighted by Gasteiger charge is 2.08. The Balaban J connectivity index is 2.01. The van der Waals surface area contributed by atoms with Gasteiger partial charge in [0.05, 0.1) is 7.11 Å². The van der Waals surface area contributed by atoms with Crippen molar-refractivity contribution in [1.82, 2.24) is 14.6 Å². The van der Waals surface area contributed by atoms with Gasteiger partial charge in [-0.1, -0.05) is 18.2 Å². The zero-order valence-electron chi connectivity index (χ0n) is 10.6. The topological polar surface area (TPSA) is 65.4 Å². The first-order valence-electron chi connectivity index (χ1n) is 5.99. The van der Waals surface area contributed by atoms with Crippen LogP contribution in [0.5, 0.6) is 5.75 Å². The predicted octanol–water partition coefficient (Wildman–Crippen LogP) is 1.91. The van der Waals surface area contributed by atoms with E-state index in [1.165, 1.54) is 0 Å². The predicted molar refractivity (Wildman–Crippen MR) is 73.2 cm³/mol. The van der Waals surface area contributed by atoms with Gasteiger partial charge in [0, 0.05) is 6.42 Å². The number of ether oxygens (including phenoxy) is 1. The summed E-state index contributed by atoms with van der Waals surface area (Å²) in [5.74, 6) is 2.29. The zero-order chi connectivity index (χ0) is 13.2. The van der Waals surface area contributed by atoms with E-state index >= 15 is 0 Å². The minimum absolute atomic E-state index is 0.639. The van der Waals surface area contributed by atoms with Gasteiger partial charge in [0.25, 0.3) is 0 Å². The Morgan fingerprint density at radius 1 is 1.16 bits per heavy atom. The Labute approximate surface area is 110 Å². The Morgan fingerprint density at radius 3 is 2.84 bits per heavy atom. The van der Waals surface area contributed by atoms with Gasteiger partial charge in [-0.15, -0.1) is 10.2 Å². The van der Waals surface area contributed by atoms with Crippen LogP contribution in [0.2, 0.25) is 0 Å². The van der Waals surface area contributed by atoms with Crippen LogP contribution < -0.4 is 10.5 Å². The molecule has 0 aliphatic heterocycles. The highest BCUT2D eigenvalue weighted by Crippen LogP contribution is 2.17. The molecule has 0 aliphatic carbocycles. The molecule has 96 valence electrons. The van der Waals surface area contributed by atoms with E-state index in [9.17, 15) is 0 Å². The number of rotatable bonds is 3. The highest BCUT2D eigenvalue weighted by molar-refractivity contribution is 5.48. The Bertz CT molecular complexity index is 720. The third-order valence-electron chi connectivity index (χ3n) is 3.02. The van der Waals surface area contributed by atoms with Gasteiger partial charge >= 0.3 is 0 Å². The Hall–Kier alpha value is -2.56. The third kappa shape index (κ3) is 2.10. The lowest BCUT2D eigenvalue weighted by atomic mass is 10.1. The second kappa shape index (κ2) is 4.61. The lowest BCUT2D eigenvalue weighted by Crippen LogP contribution is -2.02. The highest BCUT2D eigenvalue weighted by atomic mass is 16.5. The Kier molecular flexibility index (Phi) is 2.79. The van der Waals surface area contributed by atoms with Crippen LogP contribution in [0.15, 0.2) is 42.5 Å². The van der Waals surface area contributed by atoms with Crippen LogP contribution >= 0.6 is 0 Å². The van der Waals surface area contributed by atoms with E-state index in [-0.39, 0.29) is 0 Å². The number of methoxy groups -OCH3 is 1. The van der Waals surface area contributed by atoms with Crippen molar-refractivity contribution in [2.75, 3.05) is 12.8 Å². The van der Waals surface area contributed by atoms with Gasteiger partial charge < -0.3 is 10.5 Å². The fourth-order valence-corrected chi connectivity index (χ4v) is 2.11. The third-order valence-corrected chi connectivity index (χ3v) is 3.02. The second-order valence-electron chi connectivity index (χ2n) is 4.29. The van der Waals surface area contributed by atoms with Crippen LogP contribution in [0.1, 0.15) is 11.4 Å². The van der Waals surface area contributed by atoms with Gasteiger partial charge in [-0.05, 0) is 29.8 Å². The summed E-state index contributed by atoms with van der Waals surface area (Å²) in [6.45, 7) is 0. The number of nitrogen functional groups attached to an aromatic ring is 1. The Morgan fingerprint density at radius 2 is 2.00 bits per heavy atom. The van der Waals surface area contributed by atoms with Crippen molar-refractivity contribution in [2.24, 2.45) is 0 Å². The molecule has 0 radical (unpaired) electrons. The van der Waals surface area contributed by atoms with Crippen molar-refractivity contribution in [3.05, 3.63) is 53.9 Å². The summed E-state index contributed by atoms with van der Waals surface area (Å²) in [5.41, 5.74) is 7.84. The van der Waals surface area contributed by atoms with Gasteiger partial charge in [0.2, 0.25) is 0 Å². The first-order chi connectivity index (χ1) is 9.28. The van der Waals surface area contributed by atoms with Crippen LogP contribution in [0.4, 0.5) is 5.82 Å². The molecule has 0 saturated heterocycles. The molecule has 3 rings (SSSR count). The summed E-state index contributed by atoms with van der Waals surface area (Å²) in [7, 11) is 1.66. The van der Waals surface area contributed by atoms with Crippen molar-refractivity contribution in [1.29, 1.82) is 0 Å². The molecule has 2 N–H and O–H groups in total. The number of nitrogens with zero attached hydrogens (tertiary/aromatic N) is 3. The summed E-state index contributed by atoms with van der Waals surface area (Å²) >= 11 is 0. The molecule has 0 unspecified atom stereocenters. The number of benzene rings is 1. The fraction of sp³-hybridized carbons (Fsp3) is 0.143. The molecule has 2 aromatic heterocycles. The molecule has 5 heteroatoms. The van der Waals surface area contributed by atoms with E-state index in [0.29, 0.717) is 12.2 Å². The van der Waals surface area contributed by atoms with Gasteiger partial charge in [-0.2, -0.15) is 0 Å². The number of aromatic nitrogens is 3. The monoisotopic (exact) mass is 254 g/mol. The van der Waals surface area contributed by atoms with Crippen molar-refractivity contribution in [3.8, 4) is 5.75 Å². The molecule has 1 aromatic carbocycles. The zero-order valence-corrected chi connectivity index (χ0v) is 10.6. The van der Waals surface area contributed by atoms with Crippen molar-refractivity contribution >= 4 is 11.5 Å². The first-order valence-corrected chi connectivity index (χ1v) is 5.99. The molecular weight excluding hydrogens is 240 g/mol. The molecule has 0 aliphatic rings. The van der Waals surface area contributed by atoms with Crippen LogP contribution in [0.25, 0.3) is 5.65 Å². The quantitative estimate of drug-likeness (QED) is 0.775. The molecule has 2 heterocycles. The molecule has 0 amide bonds. The SMILES string of the molecule is COc1cccc(Cc2nnc3cccc(N)n23)c1. The molecule has 19 heavy (non-hydrogen) atoms. The standard InChI is InChI=1S/C14H14N4O/c1-19-11-5-2-4-10(8-11)9-14-17-16-13-7-3-6-12(15)18(13)14/h2-8H,9,15H2,1H3. The number of pyridine rings is 1. The number of fused-ring (bicyclic) bond motifs is 1. The lowest BCUT2D eigenvalue weighted by molar-refractivity contribution is 0.414. The molecular formula is C14H14N4O. The molecule has 0 saturated carbocycles. The molecule has 0 bridgehead atoms. The molecule has 0 atom stereocenters. The minimum atomic E-state index is 0.639. The fourth-order valence-electron chi connectivity index (χ4n) is 2.11. The van der Waals surface area contributed by atoms with Gasteiger partial charge in [0.1, 0.15) is 17.4 Å². The van der Waals surface area contributed by atoms with Crippen LogP contribution in [0.3, 0.4) is 0 Å². The summed E-state index contributed by atoms with van der Waals surface area (Å²) < 4.78 is 7.08. The summed E-state index contributed by atoms with van der Waals surface area (Å²) in [6.07, 6.45) is 0.659. The van der Waals surface area contributed by atoms with E-state index in [4.69, 9.17) is 10.5 Å². The van der Waals surface area contributed by atoms with Crippen LogP contribution in [-0.4, -0.2) is 21.7 Å². The second-order valence-corrected chi connectivity index (χ2v) is 4.29. The average molecular weight is 254 g/mol. The normalized spacial score (nSPS) is 10.8. The summed E-state index contributed by atoms with van der Waals surface area (Å²) in [4.78, 5) is 0. The van der Waals surface area contributed by atoms with Crippen molar-refractivity contribution in [3.63, 3.8) is 0 Å². The first kappa shape index (κ1) is 11.5. The maximum atomic E-state index is 5.97. The van der Waals surface area contributed by atoms with Crippen molar-refractivity contribution in [2.45, 2.75) is 6.42 Å². The average Bonchev–Trinajstić information content (AvgIpc) is 2.84. The maximum absolute atomic E-state index is 5.97. The minimum Gasteiger partial charge on any atom is -0.497 e. The number of hydrogen-bond donors (Lipinski definition) is 1. The maximum Gasteiger partial charge on any atom is 0.162 e. The summed E-state index contributed by atoms with van der Waals surface area (Å²) in [6, 6.07) is 13.5. The van der Waals surface area contributed by atoms with Crippen LogP contribution in [0, 0.1) is 0 Å². The van der Waals surface area contributed by atoms with Crippen molar-refractivity contribution < 1.29 is 4.74 Å². The number of nitrogens with two attached hydrogens (primary N) is 1. The lowest BCUT2D eigenvalue weighted by Gasteiger charge is -2.05. The van der Waals surface area contributed by atoms with E-state index in [0.717, 1.165) is 22.8 Å². The van der Waals surface area contributed by atoms with Gasteiger partial charge in [-0.3, -0.25) is 4.40 Å². The number of hydrogen-bond acceptors (Lipinski definition) is 4. The van der Waals surface area contributed by atoms with E-state index < -0.39 is 0 Å². The van der Waals surface area contributed by atoms with E-state index in [1.54, 1.807) is 7.11 Å². The van der Waals surface area contributed by atoms with Gasteiger partial charge in [0.15, 0.2) is 5.65 Å². The van der Waals surface area contributed by atoms with Crippen LogP contribution in [-0.2, 0) is 6.42 Å². The molecule has 0 spiro atoms. The van der Waals surface area contributed by atoms with E-state index in [2.05, 4.69) is 10.2 Å². The summed E-state index contributed by atoms with van der Waals surface area (Å²) in [5, 5.41) is 8.32. The molecule has 0 fully saturated rings. The molecule has 5 nitrogen and oxygen atoms in total. The molecule has 3 aromatic rings. The largest absolute Gasteiger partial charge is 0.497 e.